The lowest BCUT2D eigenvalue weighted by Gasteiger charge is -2.21. The van der Waals surface area contributed by atoms with Gasteiger partial charge in [0.15, 0.2) is 0 Å². The Hall–Kier alpha value is -1.10. The number of nitrogens with one attached hydrogen (secondary N) is 2. The van der Waals surface area contributed by atoms with E-state index in [4.69, 9.17) is 0 Å². The highest BCUT2D eigenvalue weighted by atomic mass is 16.2. The van der Waals surface area contributed by atoms with Crippen LogP contribution in [0.4, 0.5) is 0 Å². The molecule has 2 amide bonds. The monoisotopic (exact) mass is 227 g/mol. The lowest BCUT2D eigenvalue weighted by atomic mass is 10.2. The van der Waals surface area contributed by atoms with Gasteiger partial charge in [0.25, 0.3) is 0 Å². The van der Waals surface area contributed by atoms with Crippen LogP contribution in [0.3, 0.4) is 0 Å². The number of hydrogen-bond acceptors (Lipinski definition) is 3. The summed E-state index contributed by atoms with van der Waals surface area (Å²) in [5.74, 6) is -0.114. The van der Waals surface area contributed by atoms with Crippen molar-refractivity contribution in [2.45, 2.75) is 38.8 Å². The fourth-order valence-corrected chi connectivity index (χ4v) is 1.77. The lowest BCUT2D eigenvalue weighted by Crippen LogP contribution is -2.50. The van der Waals surface area contributed by atoms with E-state index in [-0.39, 0.29) is 17.9 Å². The highest BCUT2D eigenvalue weighted by Crippen LogP contribution is 2.05. The van der Waals surface area contributed by atoms with Crippen LogP contribution in [0, 0.1) is 0 Å². The van der Waals surface area contributed by atoms with Gasteiger partial charge in [0.05, 0.1) is 6.04 Å². The van der Waals surface area contributed by atoms with Crippen LogP contribution in [0.2, 0.25) is 0 Å². The molecule has 16 heavy (non-hydrogen) atoms. The minimum absolute atomic E-state index is 0.0474. The fraction of sp³-hybridized carbons (Fsp3) is 0.818. The van der Waals surface area contributed by atoms with Crippen molar-refractivity contribution in [3.05, 3.63) is 0 Å². The molecule has 0 spiro atoms. The first-order valence-corrected chi connectivity index (χ1v) is 5.85. The van der Waals surface area contributed by atoms with Gasteiger partial charge in [0.2, 0.25) is 11.8 Å². The number of nitrogens with zero attached hydrogens (tertiary/aromatic N) is 1. The Kier molecular flexibility index (Phi) is 4.73. The molecule has 1 heterocycles. The molecule has 5 nitrogen and oxygen atoms in total. The van der Waals surface area contributed by atoms with Gasteiger partial charge in [-0.2, -0.15) is 0 Å². The van der Waals surface area contributed by atoms with Crippen LogP contribution in [-0.4, -0.2) is 48.9 Å². The molecule has 0 radical (unpaired) electrons. The largest absolute Gasteiger partial charge is 0.344 e. The molecule has 0 saturated carbocycles. The summed E-state index contributed by atoms with van der Waals surface area (Å²) in [6, 6.07) is -0.568. The number of hydrogen-bond donors (Lipinski definition) is 2. The first kappa shape index (κ1) is 13.0. The molecular weight excluding hydrogens is 206 g/mol. The molecule has 1 aliphatic heterocycles. The van der Waals surface area contributed by atoms with Gasteiger partial charge in [-0.15, -0.1) is 0 Å². The van der Waals surface area contributed by atoms with Crippen molar-refractivity contribution in [1.29, 1.82) is 0 Å². The van der Waals surface area contributed by atoms with Crippen LogP contribution >= 0.6 is 0 Å². The Labute approximate surface area is 96.6 Å². The molecule has 0 aromatic carbocycles. The summed E-state index contributed by atoms with van der Waals surface area (Å²) in [6.07, 6.45) is 1.88. The smallest absolute Gasteiger partial charge is 0.244 e. The average molecular weight is 227 g/mol. The van der Waals surface area contributed by atoms with E-state index in [2.05, 4.69) is 10.6 Å². The summed E-state index contributed by atoms with van der Waals surface area (Å²) in [5.41, 5.74) is 0. The van der Waals surface area contributed by atoms with Crippen LogP contribution in [0.5, 0.6) is 0 Å². The maximum absolute atomic E-state index is 11.7. The second-order valence-electron chi connectivity index (χ2n) is 4.23. The first-order valence-electron chi connectivity index (χ1n) is 5.85. The third-order valence-corrected chi connectivity index (χ3v) is 2.96. The van der Waals surface area contributed by atoms with Gasteiger partial charge in [0, 0.05) is 13.6 Å². The zero-order chi connectivity index (χ0) is 12.1. The van der Waals surface area contributed by atoms with E-state index in [1.807, 2.05) is 6.92 Å². The maximum atomic E-state index is 11.7. The SMILES string of the molecule is CCN(C)C(=O)C(C)NC(=O)C1CCCN1. The number of carbonyl (C=O) groups excluding carboxylic acids is 2. The molecule has 2 atom stereocenters. The standard InChI is InChI=1S/C11H21N3O2/c1-4-14(3)11(16)8(2)13-10(15)9-6-5-7-12-9/h8-9,12H,4-7H2,1-3H3,(H,13,15). The van der Waals surface area contributed by atoms with Crippen molar-refractivity contribution in [1.82, 2.24) is 15.5 Å². The molecular formula is C11H21N3O2. The average Bonchev–Trinajstić information content (AvgIpc) is 2.80. The van der Waals surface area contributed by atoms with E-state index in [1.54, 1.807) is 18.9 Å². The highest BCUT2D eigenvalue weighted by Gasteiger charge is 2.25. The van der Waals surface area contributed by atoms with E-state index in [0.717, 1.165) is 19.4 Å². The fourth-order valence-electron chi connectivity index (χ4n) is 1.77. The minimum Gasteiger partial charge on any atom is -0.344 e. The topological polar surface area (TPSA) is 61.4 Å². The second kappa shape index (κ2) is 5.84. The third-order valence-electron chi connectivity index (χ3n) is 2.96. The zero-order valence-corrected chi connectivity index (χ0v) is 10.2. The molecule has 5 heteroatoms. The van der Waals surface area contributed by atoms with Gasteiger partial charge in [-0.25, -0.2) is 0 Å². The number of rotatable bonds is 4. The van der Waals surface area contributed by atoms with Crippen LogP contribution in [0.1, 0.15) is 26.7 Å². The Bertz CT molecular complexity index is 262. The van der Waals surface area contributed by atoms with Gasteiger partial charge < -0.3 is 15.5 Å². The van der Waals surface area contributed by atoms with Crippen molar-refractivity contribution in [2.24, 2.45) is 0 Å². The Morgan fingerprint density at radius 1 is 1.56 bits per heavy atom. The quantitative estimate of drug-likeness (QED) is 0.694. The van der Waals surface area contributed by atoms with Crippen LogP contribution in [0.15, 0.2) is 0 Å². The third kappa shape index (κ3) is 3.20. The molecule has 0 aliphatic carbocycles. The number of likely N-dealkylation sites (N-methyl/N-ethyl adjacent to an activating group) is 1. The molecule has 92 valence electrons. The van der Waals surface area contributed by atoms with E-state index in [0.29, 0.717) is 6.54 Å². The molecule has 0 aromatic rings. The van der Waals surface area contributed by atoms with E-state index in [1.165, 1.54) is 0 Å². The normalized spacial score (nSPS) is 21.6. The summed E-state index contributed by atoms with van der Waals surface area (Å²) < 4.78 is 0. The highest BCUT2D eigenvalue weighted by molar-refractivity contribution is 5.89. The second-order valence-corrected chi connectivity index (χ2v) is 4.23. The zero-order valence-electron chi connectivity index (χ0n) is 10.2. The molecule has 1 aliphatic rings. The van der Waals surface area contributed by atoms with Crippen molar-refractivity contribution >= 4 is 11.8 Å². The predicted octanol–water partition coefficient (Wildman–Crippen LogP) is -0.279. The molecule has 1 fully saturated rings. The summed E-state index contributed by atoms with van der Waals surface area (Å²) in [5, 5.41) is 5.85. The molecule has 2 N–H and O–H groups in total. The molecule has 1 rings (SSSR count). The molecule has 1 saturated heterocycles. The summed E-state index contributed by atoms with van der Waals surface area (Å²) >= 11 is 0. The Balaban J connectivity index is 2.40. The van der Waals surface area contributed by atoms with Gasteiger partial charge >= 0.3 is 0 Å². The summed E-state index contributed by atoms with van der Waals surface area (Å²) in [6.45, 7) is 5.17. The van der Waals surface area contributed by atoms with Gasteiger partial charge in [0.1, 0.15) is 6.04 Å². The maximum Gasteiger partial charge on any atom is 0.244 e. The molecule has 2 unspecified atom stereocenters. The molecule has 0 bridgehead atoms. The van der Waals surface area contributed by atoms with E-state index < -0.39 is 6.04 Å². The molecule has 0 aromatic heterocycles. The number of amides is 2. The van der Waals surface area contributed by atoms with Crippen molar-refractivity contribution < 1.29 is 9.59 Å². The van der Waals surface area contributed by atoms with Gasteiger partial charge in [-0.1, -0.05) is 0 Å². The van der Waals surface area contributed by atoms with Crippen LogP contribution in [0.25, 0.3) is 0 Å². The minimum atomic E-state index is -0.445. The Morgan fingerprint density at radius 3 is 2.75 bits per heavy atom. The van der Waals surface area contributed by atoms with Crippen LogP contribution in [-0.2, 0) is 9.59 Å². The van der Waals surface area contributed by atoms with Gasteiger partial charge in [-0.3, -0.25) is 9.59 Å². The van der Waals surface area contributed by atoms with Crippen molar-refractivity contribution in [3.63, 3.8) is 0 Å². The van der Waals surface area contributed by atoms with Gasteiger partial charge in [-0.05, 0) is 33.2 Å². The number of carbonyl (C=O) groups is 2. The van der Waals surface area contributed by atoms with Crippen molar-refractivity contribution in [2.75, 3.05) is 20.1 Å². The predicted molar refractivity (Wildman–Crippen MR) is 61.9 cm³/mol. The summed E-state index contributed by atoms with van der Waals surface area (Å²) in [4.78, 5) is 25.0. The summed E-state index contributed by atoms with van der Waals surface area (Å²) in [7, 11) is 1.73. The van der Waals surface area contributed by atoms with Crippen LogP contribution < -0.4 is 10.6 Å². The Morgan fingerprint density at radius 2 is 2.25 bits per heavy atom. The van der Waals surface area contributed by atoms with Crippen molar-refractivity contribution in [3.8, 4) is 0 Å². The first-order chi connectivity index (χ1) is 7.56. The lowest BCUT2D eigenvalue weighted by molar-refractivity contribution is -0.135. The van der Waals surface area contributed by atoms with E-state index in [9.17, 15) is 9.59 Å². The van der Waals surface area contributed by atoms with E-state index >= 15 is 0 Å².